The van der Waals surface area contributed by atoms with Crippen LogP contribution < -0.4 is 10.1 Å². The summed E-state index contributed by atoms with van der Waals surface area (Å²) >= 11 is 5.25. The smallest absolute Gasteiger partial charge is 0.261 e. The molecule has 1 aromatic rings. The van der Waals surface area contributed by atoms with E-state index < -0.39 is 0 Å². The molecule has 0 unspecified atom stereocenters. The molecule has 1 rings (SSSR count). The molecule has 21 heavy (non-hydrogen) atoms. The number of amides is 1. The van der Waals surface area contributed by atoms with E-state index in [1.807, 2.05) is 13.0 Å². The maximum absolute atomic E-state index is 12.3. The van der Waals surface area contributed by atoms with Crippen LogP contribution in [-0.2, 0) is 0 Å². The zero-order chi connectivity index (χ0) is 15.7. The van der Waals surface area contributed by atoms with Gasteiger partial charge in [0.15, 0.2) is 5.11 Å². The fourth-order valence-corrected chi connectivity index (χ4v) is 1.97. The van der Waals surface area contributed by atoms with Crippen LogP contribution in [0, 0.1) is 0 Å². The van der Waals surface area contributed by atoms with Crippen LogP contribution in [0.25, 0.3) is 0 Å². The van der Waals surface area contributed by atoms with Crippen molar-refractivity contribution in [2.24, 2.45) is 0 Å². The van der Waals surface area contributed by atoms with Crippen molar-refractivity contribution >= 4 is 23.2 Å². The molecule has 0 radical (unpaired) electrons. The number of thiocarbonyl (C=S) groups is 1. The highest BCUT2D eigenvalue weighted by Crippen LogP contribution is 2.17. The van der Waals surface area contributed by atoms with E-state index in [0.717, 1.165) is 0 Å². The first-order valence-corrected chi connectivity index (χ1v) is 7.08. The molecule has 0 aliphatic heterocycles. The molecule has 5 heteroatoms. The predicted octanol–water partition coefficient (Wildman–Crippen LogP) is 2.77. The maximum atomic E-state index is 12.3. The first kappa shape index (κ1) is 16.9. The van der Waals surface area contributed by atoms with Crippen LogP contribution >= 0.6 is 12.2 Å². The summed E-state index contributed by atoms with van der Waals surface area (Å²) in [6.45, 7) is 10.8. The summed E-state index contributed by atoms with van der Waals surface area (Å²) in [4.78, 5) is 14.1. The van der Waals surface area contributed by atoms with E-state index in [1.54, 1.807) is 35.3 Å². The fraction of sp³-hybridized carbons (Fsp3) is 0.250. The summed E-state index contributed by atoms with van der Waals surface area (Å²) < 4.78 is 5.45. The lowest BCUT2D eigenvalue weighted by molar-refractivity contribution is 0.0970. The molecule has 0 spiro atoms. The lowest BCUT2D eigenvalue weighted by Crippen LogP contribution is -2.42. The molecule has 0 aromatic heterocycles. The number of para-hydroxylation sites is 1. The van der Waals surface area contributed by atoms with Crippen LogP contribution in [0.5, 0.6) is 5.75 Å². The van der Waals surface area contributed by atoms with E-state index in [0.29, 0.717) is 36.1 Å². The quantitative estimate of drug-likeness (QED) is 0.621. The van der Waals surface area contributed by atoms with Gasteiger partial charge >= 0.3 is 0 Å². The third-order valence-electron chi connectivity index (χ3n) is 2.64. The number of carbonyl (C=O) groups is 1. The average molecular weight is 304 g/mol. The second-order valence-electron chi connectivity index (χ2n) is 4.17. The molecular formula is C16H20N2O2S. The molecule has 1 amide bonds. The Morgan fingerprint density at radius 1 is 1.33 bits per heavy atom. The van der Waals surface area contributed by atoms with Gasteiger partial charge in [-0.15, -0.1) is 13.2 Å². The van der Waals surface area contributed by atoms with Crippen LogP contribution in [0.4, 0.5) is 0 Å². The minimum atomic E-state index is -0.290. The van der Waals surface area contributed by atoms with Crippen molar-refractivity contribution in [2.45, 2.75) is 6.92 Å². The van der Waals surface area contributed by atoms with Crippen molar-refractivity contribution in [1.29, 1.82) is 0 Å². The molecule has 0 fully saturated rings. The van der Waals surface area contributed by atoms with E-state index in [2.05, 4.69) is 18.5 Å². The molecule has 1 N–H and O–H groups in total. The Balaban J connectivity index is 2.82. The summed E-state index contributed by atoms with van der Waals surface area (Å²) in [6, 6.07) is 7.06. The molecule has 0 saturated carbocycles. The third kappa shape index (κ3) is 5.04. The van der Waals surface area contributed by atoms with Crippen molar-refractivity contribution in [3.63, 3.8) is 0 Å². The van der Waals surface area contributed by atoms with Crippen LogP contribution in [0.15, 0.2) is 49.6 Å². The minimum Gasteiger partial charge on any atom is -0.493 e. The molecule has 0 aliphatic rings. The highest BCUT2D eigenvalue weighted by molar-refractivity contribution is 7.80. The van der Waals surface area contributed by atoms with Gasteiger partial charge in [-0.25, -0.2) is 0 Å². The van der Waals surface area contributed by atoms with Gasteiger partial charge < -0.3 is 9.64 Å². The molecule has 0 atom stereocenters. The summed E-state index contributed by atoms with van der Waals surface area (Å²) in [5, 5.41) is 3.05. The monoisotopic (exact) mass is 304 g/mol. The van der Waals surface area contributed by atoms with Gasteiger partial charge in [-0.3, -0.25) is 10.1 Å². The normalized spacial score (nSPS) is 9.57. The molecule has 0 bridgehead atoms. The Hall–Kier alpha value is -2.14. The predicted molar refractivity (Wildman–Crippen MR) is 89.6 cm³/mol. The van der Waals surface area contributed by atoms with Crippen LogP contribution in [0.1, 0.15) is 17.3 Å². The standard InChI is InChI=1S/C16H20N2O2S/c1-4-11-18(12-5-2)16(21)17-15(19)13-9-7-8-10-14(13)20-6-3/h4-5,7-10H,1-2,6,11-12H2,3H3,(H,17,19,21). The molecule has 1 aromatic carbocycles. The topological polar surface area (TPSA) is 41.6 Å². The lowest BCUT2D eigenvalue weighted by atomic mass is 10.2. The zero-order valence-electron chi connectivity index (χ0n) is 12.2. The van der Waals surface area contributed by atoms with Gasteiger partial charge in [0.1, 0.15) is 5.75 Å². The van der Waals surface area contributed by atoms with Crippen molar-refractivity contribution in [3.05, 3.63) is 55.1 Å². The SMILES string of the molecule is C=CCN(CC=C)C(=S)NC(=O)c1ccccc1OCC. The Bertz CT molecular complexity index is 519. The molecular weight excluding hydrogens is 284 g/mol. The Morgan fingerprint density at radius 3 is 2.52 bits per heavy atom. The number of nitrogens with zero attached hydrogens (tertiary/aromatic N) is 1. The number of benzene rings is 1. The summed E-state index contributed by atoms with van der Waals surface area (Å²) in [6.07, 6.45) is 3.44. The van der Waals surface area contributed by atoms with E-state index in [1.165, 1.54) is 0 Å². The molecule has 4 nitrogen and oxygen atoms in total. The highest BCUT2D eigenvalue weighted by atomic mass is 32.1. The van der Waals surface area contributed by atoms with E-state index >= 15 is 0 Å². The third-order valence-corrected chi connectivity index (χ3v) is 3.00. The van der Waals surface area contributed by atoms with E-state index in [9.17, 15) is 4.79 Å². The highest BCUT2D eigenvalue weighted by Gasteiger charge is 2.15. The molecule has 112 valence electrons. The fourth-order valence-electron chi connectivity index (χ4n) is 1.73. The molecule has 0 aliphatic carbocycles. The number of nitrogens with one attached hydrogen (secondary N) is 1. The summed E-state index contributed by atoms with van der Waals surface area (Å²) in [5.74, 6) is 0.251. The molecule has 0 saturated heterocycles. The van der Waals surface area contributed by atoms with Gasteiger partial charge in [0.25, 0.3) is 5.91 Å². The van der Waals surface area contributed by atoms with Crippen LogP contribution in [-0.4, -0.2) is 35.6 Å². The Labute approximate surface area is 131 Å². The molecule has 0 heterocycles. The van der Waals surface area contributed by atoms with E-state index in [-0.39, 0.29) is 5.91 Å². The van der Waals surface area contributed by atoms with Crippen LogP contribution in [0.2, 0.25) is 0 Å². The number of carbonyl (C=O) groups excluding carboxylic acids is 1. The average Bonchev–Trinajstić information content (AvgIpc) is 2.47. The van der Waals surface area contributed by atoms with Gasteiger partial charge in [0, 0.05) is 13.1 Å². The second kappa shape index (κ2) is 8.92. The summed E-state index contributed by atoms with van der Waals surface area (Å²) in [7, 11) is 0. The maximum Gasteiger partial charge on any atom is 0.261 e. The van der Waals surface area contributed by atoms with Crippen molar-refractivity contribution in [1.82, 2.24) is 10.2 Å². The zero-order valence-corrected chi connectivity index (χ0v) is 13.0. The number of ether oxygens (including phenoxy) is 1. The summed E-state index contributed by atoms with van der Waals surface area (Å²) in [5.41, 5.74) is 0.457. The van der Waals surface area contributed by atoms with Gasteiger partial charge in [-0.05, 0) is 31.3 Å². The minimum absolute atomic E-state index is 0.290. The second-order valence-corrected chi connectivity index (χ2v) is 4.56. The first-order chi connectivity index (χ1) is 10.1. The van der Waals surface area contributed by atoms with Crippen molar-refractivity contribution in [3.8, 4) is 5.75 Å². The largest absolute Gasteiger partial charge is 0.493 e. The van der Waals surface area contributed by atoms with Gasteiger partial charge in [-0.2, -0.15) is 0 Å². The Morgan fingerprint density at radius 2 is 1.95 bits per heavy atom. The van der Waals surface area contributed by atoms with E-state index in [4.69, 9.17) is 17.0 Å². The van der Waals surface area contributed by atoms with Gasteiger partial charge in [-0.1, -0.05) is 24.3 Å². The van der Waals surface area contributed by atoms with Gasteiger partial charge in [0.2, 0.25) is 0 Å². The first-order valence-electron chi connectivity index (χ1n) is 6.67. The van der Waals surface area contributed by atoms with Crippen molar-refractivity contribution in [2.75, 3.05) is 19.7 Å². The van der Waals surface area contributed by atoms with Crippen LogP contribution in [0.3, 0.4) is 0 Å². The Kier molecular flexibility index (Phi) is 7.18. The number of hydrogen-bond donors (Lipinski definition) is 1. The van der Waals surface area contributed by atoms with Crippen molar-refractivity contribution < 1.29 is 9.53 Å². The number of hydrogen-bond acceptors (Lipinski definition) is 3. The number of rotatable bonds is 7. The van der Waals surface area contributed by atoms with Gasteiger partial charge in [0.05, 0.1) is 12.2 Å². The lowest BCUT2D eigenvalue weighted by Gasteiger charge is -2.22.